The molecule has 2 saturated heterocycles. The molecule has 1 amide bonds. The molecule has 3 heterocycles. The Hall–Kier alpha value is -2.71. The number of aromatic nitrogens is 1. The molecule has 2 aromatic carbocycles. The van der Waals surface area contributed by atoms with Crippen molar-refractivity contribution in [3.8, 4) is 0 Å². The lowest BCUT2D eigenvalue weighted by atomic mass is 10.0. The highest BCUT2D eigenvalue weighted by Crippen LogP contribution is 2.27. The van der Waals surface area contributed by atoms with Gasteiger partial charge in [-0.2, -0.15) is 0 Å². The minimum atomic E-state index is -0.221. The molecule has 0 unspecified atom stereocenters. The van der Waals surface area contributed by atoms with Crippen LogP contribution >= 0.6 is 23.2 Å². The molecule has 202 valence electrons. The fraction of sp³-hybridized carbons (Fsp3) is 0.379. The zero-order valence-corrected chi connectivity index (χ0v) is 22.8. The summed E-state index contributed by atoms with van der Waals surface area (Å²) in [5.41, 5.74) is 2.53. The molecule has 0 bridgehead atoms. The molecule has 0 saturated carbocycles. The molecular formula is C29H34Cl2FN5O. The normalized spacial score (nSPS) is 17.5. The molecule has 0 aliphatic carbocycles. The Kier molecular flexibility index (Phi) is 8.79. The molecule has 1 aromatic heterocycles. The highest BCUT2D eigenvalue weighted by molar-refractivity contribution is 6.33. The molecule has 0 atom stereocenters. The highest BCUT2D eigenvalue weighted by Gasteiger charge is 2.28. The predicted octanol–water partition coefficient (Wildman–Crippen LogP) is 5.49. The Bertz CT molecular complexity index is 1250. The van der Waals surface area contributed by atoms with Gasteiger partial charge in [-0.15, -0.1) is 0 Å². The average molecular weight is 559 g/mol. The largest absolute Gasteiger partial charge is 0.353 e. The number of pyridine rings is 1. The fourth-order valence-corrected chi connectivity index (χ4v) is 5.81. The number of nitrogens with zero attached hydrogens (tertiary/aromatic N) is 4. The first-order valence-electron chi connectivity index (χ1n) is 13.1. The van der Waals surface area contributed by atoms with Crippen LogP contribution in [0, 0.1) is 5.82 Å². The minimum Gasteiger partial charge on any atom is -0.353 e. The van der Waals surface area contributed by atoms with Gasteiger partial charge in [-0.3, -0.25) is 14.6 Å². The Morgan fingerprint density at radius 3 is 2.39 bits per heavy atom. The van der Waals surface area contributed by atoms with Crippen molar-refractivity contribution >= 4 is 34.9 Å². The van der Waals surface area contributed by atoms with E-state index < -0.39 is 0 Å². The van der Waals surface area contributed by atoms with Crippen molar-refractivity contribution in [2.45, 2.75) is 32.0 Å². The highest BCUT2D eigenvalue weighted by atomic mass is 35.5. The van der Waals surface area contributed by atoms with E-state index in [1.165, 1.54) is 12.1 Å². The maximum atomic E-state index is 13.2. The van der Waals surface area contributed by atoms with Gasteiger partial charge in [-0.05, 0) is 67.4 Å². The summed E-state index contributed by atoms with van der Waals surface area (Å²) < 4.78 is 13.2. The van der Waals surface area contributed by atoms with E-state index in [2.05, 4.69) is 25.0 Å². The summed E-state index contributed by atoms with van der Waals surface area (Å²) in [5.74, 6) is 0.322. The van der Waals surface area contributed by atoms with Crippen LogP contribution in [-0.4, -0.2) is 66.0 Å². The fourth-order valence-electron chi connectivity index (χ4n) is 5.31. The van der Waals surface area contributed by atoms with Crippen LogP contribution in [0.3, 0.4) is 0 Å². The van der Waals surface area contributed by atoms with Crippen molar-refractivity contribution in [3.05, 3.63) is 93.3 Å². The Morgan fingerprint density at radius 1 is 0.974 bits per heavy atom. The van der Waals surface area contributed by atoms with Crippen LogP contribution in [0.1, 0.15) is 35.8 Å². The van der Waals surface area contributed by atoms with E-state index in [1.54, 1.807) is 18.3 Å². The van der Waals surface area contributed by atoms with Crippen molar-refractivity contribution in [3.63, 3.8) is 0 Å². The van der Waals surface area contributed by atoms with Gasteiger partial charge in [0.15, 0.2) is 0 Å². The van der Waals surface area contributed by atoms with Gasteiger partial charge < -0.3 is 10.2 Å². The van der Waals surface area contributed by atoms with Gasteiger partial charge in [0.25, 0.3) is 5.91 Å². The second-order valence-electron chi connectivity index (χ2n) is 10.00. The van der Waals surface area contributed by atoms with Gasteiger partial charge in [0.1, 0.15) is 11.6 Å². The number of halogens is 3. The number of amides is 1. The zero-order valence-electron chi connectivity index (χ0n) is 21.3. The van der Waals surface area contributed by atoms with Gasteiger partial charge in [-0.1, -0.05) is 47.5 Å². The number of nitrogens with one attached hydrogen (secondary N) is 1. The molecule has 0 radical (unpaired) electrons. The maximum Gasteiger partial charge on any atom is 0.253 e. The first-order valence-corrected chi connectivity index (χ1v) is 13.8. The van der Waals surface area contributed by atoms with Crippen LogP contribution in [-0.2, 0) is 13.1 Å². The number of hydrogen-bond donors (Lipinski definition) is 1. The van der Waals surface area contributed by atoms with E-state index >= 15 is 0 Å². The van der Waals surface area contributed by atoms with E-state index in [-0.39, 0.29) is 13.2 Å². The number of piperazine rings is 1. The smallest absolute Gasteiger partial charge is 0.253 e. The Balaban J connectivity index is 0.00000353. The summed E-state index contributed by atoms with van der Waals surface area (Å²) in [6.07, 6.45) is 3.87. The summed E-state index contributed by atoms with van der Waals surface area (Å²) in [5, 5.41) is 4.02. The van der Waals surface area contributed by atoms with Crippen LogP contribution in [0.15, 0.2) is 60.8 Å². The quantitative estimate of drug-likeness (QED) is 0.416. The topological polar surface area (TPSA) is 51.7 Å². The lowest BCUT2D eigenvalue weighted by Gasteiger charge is -2.43. The SMILES string of the molecule is O=C(NCc1cccc(Cl)c1)c1cnc(N2CCN(C3CCN(Cc4ccc(F)cc4)CC3)CC2)c(Cl)c1.[HH]. The number of anilines is 1. The summed E-state index contributed by atoms with van der Waals surface area (Å²) in [6.45, 7) is 6.98. The van der Waals surface area contributed by atoms with Crippen molar-refractivity contribution in [2.75, 3.05) is 44.2 Å². The van der Waals surface area contributed by atoms with Crippen molar-refractivity contribution < 1.29 is 10.6 Å². The van der Waals surface area contributed by atoms with Crippen molar-refractivity contribution in [1.82, 2.24) is 20.1 Å². The monoisotopic (exact) mass is 557 g/mol. The average Bonchev–Trinajstić information content (AvgIpc) is 2.93. The molecule has 5 rings (SSSR count). The molecule has 6 nitrogen and oxygen atoms in total. The first kappa shape index (κ1) is 26.9. The summed E-state index contributed by atoms with van der Waals surface area (Å²) in [7, 11) is 0. The third-order valence-electron chi connectivity index (χ3n) is 7.43. The number of likely N-dealkylation sites (tertiary alicyclic amines) is 1. The number of piperidine rings is 1. The third kappa shape index (κ3) is 6.83. The number of hydrogen-bond acceptors (Lipinski definition) is 5. The minimum absolute atomic E-state index is 0. The third-order valence-corrected chi connectivity index (χ3v) is 7.95. The molecule has 2 fully saturated rings. The molecule has 38 heavy (non-hydrogen) atoms. The lowest BCUT2D eigenvalue weighted by Crippen LogP contribution is -2.53. The van der Waals surface area contributed by atoms with Gasteiger partial charge in [-0.25, -0.2) is 9.37 Å². The van der Waals surface area contributed by atoms with Crippen LogP contribution in [0.5, 0.6) is 0 Å². The number of rotatable bonds is 7. The standard InChI is InChI=1S/C29H32Cl2FN5O.H2/c30-24-3-1-2-22(16-24)18-34-29(38)23-17-27(31)28(33-19-23)37-14-12-36(13-15-37)26-8-10-35(11-9-26)20-21-4-6-25(32)7-5-21;/h1-7,16-17,19,26H,8-15,18,20H2,(H,34,38);1H. The van der Waals surface area contributed by atoms with Crippen molar-refractivity contribution in [1.29, 1.82) is 0 Å². The van der Waals surface area contributed by atoms with E-state index in [0.717, 1.165) is 75.6 Å². The second kappa shape index (κ2) is 12.4. The molecular weight excluding hydrogens is 524 g/mol. The number of benzene rings is 2. The van der Waals surface area contributed by atoms with E-state index in [4.69, 9.17) is 23.2 Å². The molecule has 0 spiro atoms. The van der Waals surface area contributed by atoms with Crippen LogP contribution in [0.4, 0.5) is 10.2 Å². The van der Waals surface area contributed by atoms with Gasteiger partial charge in [0.05, 0.1) is 10.6 Å². The van der Waals surface area contributed by atoms with E-state index in [0.29, 0.717) is 28.2 Å². The second-order valence-corrected chi connectivity index (χ2v) is 10.8. The predicted molar refractivity (Wildman–Crippen MR) is 152 cm³/mol. The molecule has 3 aromatic rings. The lowest BCUT2D eigenvalue weighted by molar-refractivity contribution is 0.0950. The molecule has 1 N–H and O–H groups in total. The summed E-state index contributed by atoms with van der Waals surface area (Å²) in [4.78, 5) is 24.4. The number of carbonyl (C=O) groups is 1. The van der Waals surface area contributed by atoms with Crippen LogP contribution < -0.4 is 10.2 Å². The molecule has 2 aliphatic heterocycles. The molecule has 2 aliphatic rings. The van der Waals surface area contributed by atoms with E-state index in [9.17, 15) is 9.18 Å². The van der Waals surface area contributed by atoms with Crippen LogP contribution in [0.25, 0.3) is 0 Å². The Labute approximate surface area is 234 Å². The maximum absolute atomic E-state index is 13.2. The first-order chi connectivity index (χ1) is 18.4. The van der Waals surface area contributed by atoms with Crippen LogP contribution in [0.2, 0.25) is 10.0 Å². The zero-order chi connectivity index (χ0) is 26.5. The summed E-state index contributed by atoms with van der Waals surface area (Å²) in [6, 6.07) is 16.5. The van der Waals surface area contributed by atoms with E-state index in [1.807, 2.05) is 30.3 Å². The van der Waals surface area contributed by atoms with Gasteiger partial charge in [0.2, 0.25) is 0 Å². The van der Waals surface area contributed by atoms with Crippen molar-refractivity contribution in [2.24, 2.45) is 0 Å². The van der Waals surface area contributed by atoms with Gasteiger partial charge >= 0.3 is 0 Å². The Morgan fingerprint density at radius 2 is 1.71 bits per heavy atom. The summed E-state index contributed by atoms with van der Waals surface area (Å²) >= 11 is 12.6. The van der Waals surface area contributed by atoms with Gasteiger partial charge in [0, 0.05) is 58.0 Å². The number of carbonyl (C=O) groups excluding carboxylic acids is 1. The molecule has 9 heteroatoms.